The van der Waals surface area contributed by atoms with Crippen LogP contribution < -0.4 is 5.32 Å². The molecule has 0 bridgehead atoms. The zero-order valence-electron chi connectivity index (χ0n) is 19.5. The minimum atomic E-state index is -0.786. The second-order valence-corrected chi connectivity index (χ2v) is 9.23. The Balaban J connectivity index is 1.41. The third-order valence-corrected chi connectivity index (χ3v) is 6.81. The molecule has 4 aromatic rings. The average molecular weight is 502 g/mol. The molecule has 0 spiro atoms. The highest BCUT2D eigenvalue weighted by molar-refractivity contribution is 6.33. The Kier molecular flexibility index (Phi) is 6.24. The van der Waals surface area contributed by atoms with Gasteiger partial charge in [0.1, 0.15) is 11.1 Å². The summed E-state index contributed by atoms with van der Waals surface area (Å²) in [5.41, 5.74) is 3.34. The van der Waals surface area contributed by atoms with Crippen LogP contribution in [0.5, 0.6) is 0 Å². The van der Waals surface area contributed by atoms with Crippen molar-refractivity contribution in [2.75, 3.05) is 5.32 Å². The maximum Gasteiger partial charge on any atom is 0.413 e. The van der Waals surface area contributed by atoms with Crippen LogP contribution in [-0.2, 0) is 14.9 Å². The molecule has 3 aromatic carbocycles. The summed E-state index contributed by atoms with van der Waals surface area (Å²) in [6.45, 7) is 1.79. The van der Waals surface area contributed by atoms with E-state index in [1.807, 2.05) is 78.9 Å². The van der Waals surface area contributed by atoms with Gasteiger partial charge in [0, 0.05) is 5.56 Å². The molecular weight excluding hydrogens is 478 g/mol. The summed E-state index contributed by atoms with van der Waals surface area (Å²) in [6, 6.07) is 24.6. The number of halogens is 1. The van der Waals surface area contributed by atoms with Crippen LogP contribution in [0.1, 0.15) is 37.0 Å². The van der Waals surface area contributed by atoms with E-state index in [1.165, 1.54) is 6.20 Å². The van der Waals surface area contributed by atoms with Crippen LogP contribution in [0.25, 0.3) is 16.8 Å². The number of carboxylic acids is 1. The predicted molar refractivity (Wildman–Crippen MR) is 138 cm³/mol. The first-order valence-electron chi connectivity index (χ1n) is 11.6. The van der Waals surface area contributed by atoms with E-state index in [-0.39, 0.29) is 10.8 Å². The minimum Gasteiger partial charge on any atom is -0.481 e. The molecule has 182 valence electrons. The number of anilines is 1. The van der Waals surface area contributed by atoms with Crippen LogP contribution in [0.4, 0.5) is 10.6 Å². The molecule has 1 aliphatic carbocycles. The normalized spacial score (nSPS) is 14.6. The van der Waals surface area contributed by atoms with E-state index in [2.05, 4.69) is 10.4 Å². The lowest BCUT2D eigenvalue weighted by Crippen LogP contribution is -2.19. The van der Waals surface area contributed by atoms with Gasteiger partial charge in [-0.05, 0) is 42.5 Å². The van der Waals surface area contributed by atoms with Crippen LogP contribution in [0.15, 0.2) is 85.1 Å². The number of para-hydroxylation sites is 1. The molecule has 1 unspecified atom stereocenters. The lowest BCUT2D eigenvalue weighted by Gasteiger charge is -2.17. The van der Waals surface area contributed by atoms with Gasteiger partial charge in [-0.2, -0.15) is 5.10 Å². The number of amides is 1. The first-order chi connectivity index (χ1) is 17.4. The number of nitrogens with zero attached hydrogens (tertiary/aromatic N) is 2. The lowest BCUT2D eigenvalue weighted by atomic mass is 9.93. The van der Waals surface area contributed by atoms with Gasteiger partial charge in [-0.15, -0.1) is 0 Å². The Morgan fingerprint density at radius 2 is 1.69 bits per heavy atom. The zero-order valence-corrected chi connectivity index (χ0v) is 20.3. The van der Waals surface area contributed by atoms with Crippen LogP contribution in [-0.4, -0.2) is 26.9 Å². The molecule has 0 radical (unpaired) electrons. The smallest absolute Gasteiger partial charge is 0.413 e. The van der Waals surface area contributed by atoms with Crippen molar-refractivity contribution < 1.29 is 19.4 Å². The van der Waals surface area contributed by atoms with Gasteiger partial charge in [-0.1, -0.05) is 84.4 Å². The van der Waals surface area contributed by atoms with Crippen molar-refractivity contribution in [3.8, 4) is 16.8 Å². The lowest BCUT2D eigenvalue weighted by molar-refractivity contribution is -0.140. The quantitative estimate of drug-likeness (QED) is 0.297. The van der Waals surface area contributed by atoms with E-state index < -0.39 is 23.6 Å². The summed E-state index contributed by atoms with van der Waals surface area (Å²) in [5.74, 6) is -0.500. The molecule has 1 saturated carbocycles. The molecule has 1 amide bonds. The number of aromatic nitrogens is 2. The van der Waals surface area contributed by atoms with Gasteiger partial charge in [0.25, 0.3) is 0 Å². The van der Waals surface area contributed by atoms with Crippen molar-refractivity contribution >= 4 is 29.5 Å². The van der Waals surface area contributed by atoms with Crippen molar-refractivity contribution in [3.05, 3.63) is 101 Å². The third-order valence-electron chi connectivity index (χ3n) is 6.54. The molecular formula is C28H24ClN3O4. The number of carbonyl (C=O) groups excluding carboxylic acids is 1. The summed E-state index contributed by atoms with van der Waals surface area (Å²) in [4.78, 5) is 24.4. The Morgan fingerprint density at radius 3 is 2.36 bits per heavy atom. The van der Waals surface area contributed by atoms with Gasteiger partial charge in [0.2, 0.25) is 0 Å². The first-order valence-corrected chi connectivity index (χ1v) is 12.0. The highest BCUT2D eigenvalue weighted by atomic mass is 35.5. The summed E-state index contributed by atoms with van der Waals surface area (Å²) in [6.07, 6.45) is 1.66. The van der Waals surface area contributed by atoms with Crippen molar-refractivity contribution in [1.82, 2.24) is 9.78 Å². The second kappa shape index (κ2) is 9.51. The minimum absolute atomic E-state index is 0.265. The van der Waals surface area contributed by atoms with Crippen LogP contribution in [0.3, 0.4) is 0 Å². The number of rotatable bonds is 7. The van der Waals surface area contributed by atoms with E-state index in [0.717, 1.165) is 22.3 Å². The van der Waals surface area contributed by atoms with E-state index >= 15 is 0 Å². The van der Waals surface area contributed by atoms with E-state index in [9.17, 15) is 14.7 Å². The zero-order chi connectivity index (χ0) is 25.3. The SMILES string of the molecule is CC(OC(=O)Nc1c(Cl)cnn1-c1ccccc1-c1ccc(C2(C(=O)O)CC2)cc1)c1ccccc1. The van der Waals surface area contributed by atoms with Gasteiger partial charge >= 0.3 is 12.1 Å². The first kappa shape index (κ1) is 23.6. The number of ether oxygens (including phenoxy) is 1. The number of aliphatic carboxylic acids is 1. The average Bonchev–Trinajstić information content (AvgIpc) is 3.64. The van der Waals surface area contributed by atoms with Crippen molar-refractivity contribution in [3.63, 3.8) is 0 Å². The maximum absolute atomic E-state index is 12.7. The van der Waals surface area contributed by atoms with Crippen LogP contribution in [0.2, 0.25) is 5.02 Å². The van der Waals surface area contributed by atoms with Gasteiger partial charge in [-0.25, -0.2) is 9.48 Å². The molecule has 1 aromatic heterocycles. The van der Waals surface area contributed by atoms with Crippen LogP contribution in [0, 0.1) is 0 Å². The molecule has 0 saturated heterocycles. The molecule has 5 rings (SSSR count). The molecule has 1 aliphatic rings. The Hall–Kier alpha value is -4.10. The molecule has 7 nitrogen and oxygen atoms in total. The molecule has 2 N–H and O–H groups in total. The second-order valence-electron chi connectivity index (χ2n) is 8.82. The summed E-state index contributed by atoms with van der Waals surface area (Å²) in [5, 5.41) is 17.0. The largest absolute Gasteiger partial charge is 0.481 e. The van der Waals surface area contributed by atoms with E-state index in [0.29, 0.717) is 18.5 Å². The van der Waals surface area contributed by atoms with Crippen LogP contribution >= 0.6 is 11.6 Å². The van der Waals surface area contributed by atoms with Gasteiger partial charge in [0.05, 0.1) is 17.3 Å². The van der Waals surface area contributed by atoms with Crippen molar-refractivity contribution in [1.29, 1.82) is 0 Å². The number of nitrogens with one attached hydrogen (secondary N) is 1. The van der Waals surface area contributed by atoms with E-state index in [1.54, 1.807) is 11.6 Å². The fraction of sp³-hybridized carbons (Fsp3) is 0.179. The molecule has 1 heterocycles. The summed E-state index contributed by atoms with van der Waals surface area (Å²) in [7, 11) is 0. The number of carbonyl (C=O) groups is 2. The topological polar surface area (TPSA) is 93.5 Å². The molecule has 0 aliphatic heterocycles. The Morgan fingerprint density at radius 1 is 1.03 bits per heavy atom. The third kappa shape index (κ3) is 4.45. The number of benzene rings is 3. The molecule has 8 heteroatoms. The number of carboxylic acid groups (broad SMARTS) is 1. The van der Waals surface area contributed by atoms with Gasteiger partial charge in [-0.3, -0.25) is 10.1 Å². The summed E-state index contributed by atoms with van der Waals surface area (Å²) >= 11 is 6.39. The fourth-order valence-corrected chi connectivity index (χ4v) is 4.50. The van der Waals surface area contributed by atoms with E-state index in [4.69, 9.17) is 16.3 Å². The number of hydrogen-bond donors (Lipinski definition) is 2. The maximum atomic E-state index is 12.7. The molecule has 1 fully saturated rings. The van der Waals surface area contributed by atoms with Crippen molar-refractivity contribution in [2.24, 2.45) is 0 Å². The Bertz CT molecular complexity index is 1410. The van der Waals surface area contributed by atoms with Gasteiger partial charge < -0.3 is 9.84 Å². The highest BCUT2D eigenvalue weighted by Gasteiger charge is 2.51. The number of hydrogen-bond acceptors (Lipinski definition) is 4. The summed E-state index contributed by atoms with van der Waals surface area (Å²) < 4.78 is 7.10. The fourth-order valence-electron chi connectivity index (χ4n) is 4.32. The standard InChI is InChI=1S/C28H24ClN3O4/c1-18(19-7-3-2-4-8-19)36-27(35)31-25-23(29)17-30-32(25)24-10-6-5-9-22(24)20-11-13-21(14-12-20)28(15-16-28)26(33)34/h2-14,17-18H,15-16H2,1H3,(H,31,35)(H,33,34). The van der Waals surface area contributed by atoms with Gasteiger partial charge in [0.15, 0.2) is 5.82 Å². The molecule has 36 heavy (non-hydrogen) atoms. The monoisotopic (exact) mass is 501 g/mol. The Labute approximate surface area is 213 Å². The van der Waals surface area contributed by atoms with Crippen molar-refractivity contribution in [2.45, 2.75) is 31.3 Å². The predicted octanol–water partition coefficient (Wildman–Crippen LogP) is 6.62. The highest BCUT2D eigenvalue weighted by Crippen LogP contribution is 2.48. The molecule has 1 atom stereocenters.